The maximum atomic E-state index is 5.74. The normalized spacial score (nSPS) is 35.1. The molecule has 0 radical (unpaired) electrons. The zero-order valence-electron chi connectivity index (χ0n) is 9.11. The van der Waals surface area contributed by atoms with Gasteiger partial charge in [-0.3, -0.25) is 0 Å². The third-order valence-electron chi connectivity index (χ3n) is 4.13. The molecule has 1 heteroatoms. The van der Waals surface area contributed by atoms with Crippen molar-refractivity contribution in [3.8, 4) is 0 Å². The molecule has 0 N–H and O–H groups in total. The van der Waals surface area contributed by atoms with E-state index in [-0.39, 0.29) is 0 Å². The van der Waals surface area contributed by atoms with E-state index in [9.17, 15) is 0 Å². The van der Waals surface area contributed by atoms with Crippen molar-refractivity contribution in [2.24, 2.45) is 0 Å². The predicted molar refractivity (Wildman–Crippen MR) is 61.0 cm³/mol. The second kappa shape index (κ2) is 3.64. The first-order valence-corrected chi connectivity index (χ1v) is 6.07. The monoisotopic (exact) mass is 202 g/mol. The highest BCUT2D eigenvalue weighted by atomic mass is 16.5. The Morgan fingerprint density at radius 1 is 1.00 bits per heavy atom. The first kappa shape index (κ1) is 9.41. The molecule has 1 saturated carbocycles. The van der Waals surface area contributed by atoms with Gasteiger partial charge in [0.2, 0.25) is 0 Å². The van der Waals surface area contributed by atoms with E-state index in [1.165, 1.54) is 37.7 Å². The summed E-state index contributed by atoms with van der Waals surface area (Å²) in [6, 6.07) is 10.9. The molecule has 1 aromatic rings. The molecule has 1 aliphatic heterocycles. The lowest BCUT2D eigenvalue weighted by atomic mass is 9.73. The van der Waals surface area contributed by atoms with Crippen LogP contribution in [0.1, 0.15) is 43.6 Å². The van der Waals surface area contributed by atoms with E-state index in [1.54, 1.807) is 0 Å². The summed E-state index contributed by atoms with van der Waals surface area (Å²) < 4.78 is 5.74. The van der Waals surface area contributed by atoms with Crippen LogP contribution in [0.2, 0.25) is 0 Å². The fraction of sp³-hybridized carbons (Fsp3) is 0.571. The van der Waals surface area contributed by atoms with E-state index < -0.39 is 0 Å². The molecule has 3 rings (SSSR count). The fourth-order valence-corrected chi connectivity index (χ4v) is 2.99. The van der Waals surface area contributed by atoms with Crippen LogP contribution in [0, 0.1) is 0 Å². The first-order chi connectivity index (χ1) is 7.38. The van der Waals surface area contributed by atoms with E-state index in [2.05, 4.69) is 30.3 Å². The Morgan fingerprint density at radius 2 is 1.67 bits per heavy atom. The summed E-state index contributed by atoms with van der Waals surface area (Å²) in [5.41, 5.74) is 1.83. The highest BCUT2D eigenvalue weighted by molar-refractivity contribution is 5.20. The van der Waals surface area contributed by atoms with E-state index in [4.69, 9.17) is 4.74 Å². The number of hydrogen-bond acceptors (Lipinski definition) is 1. The Balaban J connectivity index is 1.67. The lowest BCUT2D eigenvalue weighted by molar-refractivity contribution is -0.166. The van der Waals surface area contributed by atoms with Gasteiger partial charge in [-0.05, 0) is 43.6 Å². The topological polar surface area (TPSA) is 9.23 Å². The number of hydrogen-bond donors (Lipinski definition) is 0. The summed E-state index contributed by atoms with van der Waals surface area (Å²) in [6.07, 6.45) is 6.46. The minimum atomic E-state index is 0.311. The van der Waals surface area contributed by atoms with Crippen LogP contribution in [-0.4, -0.2) is 12.2 Å². The standard InChI is InChI=1S/C14H18O/c1-2-4-12(5-3-1)13-6-8-14(9-7-13)10-11-15-14/h1-5,13H,6-11H2. The second-order valence-electron chi connectivity index (χ2n) is 4.97. The quantitative estimate of drug-likeness (QED) is 0.677. The van der Waals surface area contributed by atoms with Crippen LogP contribution < -0.4 is 0 Å². The molecule has 1 saturated heterocycles. The van der Waals surface area contributed by atoms with E-state index in [0.29, 0.717) is 5.60 Å². The van der Waals surface area contributed by atoms with Crippen LogP contribution >= 0.6 is 0 Å². The average molecular weight is 202 g/mol. The van der Waals surface area contributed by atoms with Gasteiger partial charge >= 0.3 is 0 Å². The Labute approximate surface area is 91.5 Å². The minimum absolute atomic E-state index is 0.311. The molecule has 15 heavy (non-hydrogen) atoms. The third kappa shape index (κ3) is 1.69. The van der Waals surface area contributed by atoms with Crippen molar-refractivity contribution in [1.82, 2.24) is 0 Å². The molecule has 0 bridgehead atoms. The molecule has 1 heterocycles. The molecule has 0 atom stereocenters. The van der Waals surface area contributed by atoms with Gasteiger partial charge in [-0.2, -0.15) is 0 Å². The molecule has 1 aromatic carbocycles. The smallest absolute Gasteiger partial charge is 0.0704 e. The summed E-state index contributed by atoms with van der Waals surface area (Å²) in [7, 11) is 0. The maximum absolute atomic E-state index is 5.74. The van der Waals surface area contributed by atoms with E-state index in [0.717, 1.165) is 12.5 Å². The van der Waals surface area contributed by atoms with Gasteiger partial charge in [0, 0.05) is 0 Å². The zero-order valence-corrected chi connectivity index (χ0v) is 9.11. The molecule has 1 spiro atoms. The Bertz CT molecular complexity index is 316. The lowest BCUT2D eigenvalue weighted by Gasteiger charge is -2.46. The van der Waals surface area contributed by atoms with Gasteiger partial charge in [0.05, 0.1) is 12.2 Å². The van der Waals surface area contributed by atoms with Crippen molar-refractivity contribution in [2.75, 3.05) is 6.61 Å². The molecule has 2 aliphatic rings. The molecule has 0 amide bonds. The van der Waals surface area contributed by atoms with Crippen LogP contribution in [0.3, 0.4) is 0 Å². The second-order valence-corrected chi connectivity index (χ2v) is 4.97. The van der Waals surface area contributed by atoms with Crippen LogP contribution in [0.5, 0.6) is 0 Å². The van der Waals surface area contributed by atoms with E-state index >= 15 is 0 Å². The Kier molecular flexibility index (Phi) is 2.28. The van der Waals surface area contributed by atoms with Crippen LogP contribution in [0.25, 0.3) is 0 Å². The van der Waals surface area contributed by atoms with Gasteiger partial charge in [0.1, 0.15) is 0 Å². The van der Waals surface area contributed by atoms with Gasteiger partial charge in [0.15, 0.2) is 0 Å². The van der Waals surface area contributed by atoms with Crippen LogP contribution in [-0.2, 0) is 4.74 Å². The van der Waals surface area contributed by atoms with Gasteiger partial charge in [-0.1, -0.05) is 30.3 Å². The number of benzene rings is 1. The molecule has 0 unspecified atom stereocenters. The molecular formula is C14H18O. The summed E-state index contributed by atoms with van der Waals surface area (Å²) in [6.45, 7) is 0.996. The SMILES string of the molecule is c1ccc(C2CCC3(CCO3)CC2)cc1. The molecule has 1 nitrogen and oxygen atoms in total. The summed E-state index contributed by atoms with van der Waals surface area (Å²) in [4.78, 5) is 0. The van der Waals surface area contributed by atoms with Crippen LogP contribution in [0.4, 0.5) is 0 Å². The van der Waals surface area contributed by atoms with E-state index in [1.807, 2.05) is 0 Å². The van der Waals surface area contributed by atoms with Gasteiger partial charge in [0.25, 0.3) is 0 Å². The summed E-state index contributed by atoms with van der Waals surface area (Å²) >= 11 is 0. The number of ether oxygens (including phenoxy) is 1. The van der Waals surface area contributed by atoms with Gasteiger partial charge < -0.3 is 4.74 Å². The minimum Gasteiger partial charge on any atom is -0.375 e. The first-order valence-electron chi connectivity index (χ1n) is 6.07. The summed E-state index contributed by atoms with van der Waals surface area (Å²) in [5, 5.41) is 0. The van der Waals surface area contributed by atoms with Crippen LogP contribution in [0.15, 0.2) is 30.3 Å². The number of rotatable bonds is 1. The third-order valence-corrected chi connectivity index (χ3v) is 4.13. The van der Waals surface area contributed by atoms with Crippen molar-refractivity contribution in [1.29, 1.82) is 0 Å². The largest absolute Gasteiger partial charge is 0.375 e. The van der Waals surface area contributed by atoms with Crippen molar-refractivity contribution < 1.29 is 4.74 Å². The van der Waals surface area contributed by atoms with Crippen molar-refractivity contribution >= 4 is 0 Å². The predicted octanol–water partition coefficient (Wildman–Crippen LogP) is 3.50. The highest BCUT2D eigenvalue weighted by Crippen LogP contribution is 2.45. The highest BCUT2D eigenvalue weighted by Gasteiger charge is 2.41. The Morgan fingerprint density at radius 3 is 2.20 bits per heavy atom. The molecular weight excluding hydrogens is 184 g/mol. The molecule has 0 aromatic heterocycles. The molecule has 2 fully saturated rings. The molecule has 1 aliphatic carbocycles. The maximum Gasteiger partial charge on any atom is 0.0704 e. The zero-order chi connectivity index (χ0) is 10.1. The summed E-state index contributed by atoms with van der Waals surface area (Å²) in [5.74, 6) is 0.779. The Hall–Kier alpha value is -0.820. The molecule has 80 valence electrons. The van der Waals surface area contributed by atoms with Crippen molar-refractivity contribution in [2.45, 2.75) is 43.6 Å². The lowest BCUT2D eigenvalue weighted by Crippen LogP contribution is -2.46. The van der Waals surface area contributed by atoms with Gasteiger partial charge in [-0.15, -0.1) is 0 Å². The van der Waals surface area contributed by atoms with Crippen molar-refractivity contribution in [3.63, 3.8) is 0 Å². The average Bonchev–Trinajstić information content (AvgIpc) is 2.28. The fourth-order valence-electron chi connectivity index (χ4n) is 2.99. The van der Waals surface area contributed by atoms with Crippen molar-refractivity contribution in [3.05, 3.63) is 35.9 Å². The van der Waals surface area contributed by atoms with Gasteiger partial charge in [-0.25, -0.2) is 0 Å².